The number of para-hydroxylation sites is 1. The molecule has 0 fully saturated rings. The highest BCUT2D eigenvalue weighted by molar-refractivity contribution is 7.99. The lowest BCUT2D eigenvalue weighted by Crippen LogP contribution is -2.24. The molecule has 4 rings (SSSR count). The summed E-state index contributed by atoms with van der Waals surface area (Å²) < 4.78 is 7.17. The second kappa shape index (κ2) is 7.85. The third kappa shape index (κ3) is 3.38. The molecule has 1 N–H and O–H groups in total. The van der Waals surface area contributed by atoms with Gasteiger partial charge in [-0.1, -0.05) is 23.9 Å². The molecule has 4 aromatic rings. The second-order valence-electron chi connectivity index (χ2n) is 6.06. The highest BCUT2D eigenvalue weighted by atomic mass is 32.2. The minimum Gasteiger partial charge on any atom is -0.497 e. The highest BCUT2D eigenvalue weighted by Gasteiger charge is 2.17. The van der Waals surface area contributed by atoms with Crippen LogP contribution >= 0.6 is 11.8 Å². The Labute approximate surface area is 166 Å². The number of ether oxygens (including phenoxy) is 1. The van der Waals surface area contributed by atoms with E-state index in [0.717, 1.165) is 33.7 Å². The summed E-state index contributed by atoms with van der Waals surface area (Å²) in [4.78, 5) is 16.7. The van der Waals surface area contributed by atoms with Crippen LogP contribution in [0.15, 0.2) is 53.7 Å². The molecule has 7 nitrogen and oxygen atoms in total. The van der Waals surface area contributed by atoms with Crippen LogP contribution in [0, 0.1) is 0 Å². The summed E-state index contributed by atoms with van der Waals surface area (Å²) in [5.41, 5.74) is 2.47. The van der Waals surface area contributed by atoms with Crippen molar-refractivity contribution < 1.29 is 9.53 Å². The zero-order valence-corrected chi connectivity index (χ0v) is 16.4. The van der Waals surface area contributed by atoms with Crippen LogP contribution in [0.1, 0.15) is 6.92 Å². The van der Waals surface area contributed by atoms with Crippen LogP contribution in [-0.4, -0.2) is 44.9 Å². The number of amides is 1. The average molecular weight is 393 g/mol. The van der Waals surface area contributed by atoms with Crippen LogP contribution in [-0.2, 0) is 4.79 Å². The third-order valence-corrected chi connectivity index (χ3v) is 5.20. The summed E-state index contributed by atoms with van der Waals surface area (Å²) in [6.45, 7) is 2.50. The zero-order valence-electron chi connectivity index (χ0n) is 15.5. The van der Waals surface area contributed by atoms with Gasteiger partial charge in [0.1, 0.15) is 11.6 Å². The van der Waals surface area contributed by atoms with Gasteiger partial charge in [0.05, 0.1) is 18.4 Å². The van der Waals surface area contributed by atoms with Crippen molar-refractivity contribution >= 4 is 34.2 Å². The molecule has 0 saturated carbocycles. The van der Waals surface area contributed by atoms with Crippen LogP contribution in [0.2, 0.25) is 0 Å². The van der Waals surface area contributed by atoms with E-state index in [4.69, 9.17) is 9.72 Å². The molecule has 0 aliphatic heterocycles. The van der Waals surface area contributed by atoms with Crippen molar-refractivity contribution in [3.63, 3.8) is 0 Å². The van der Waals surface area contributed by atoms with E-state index in [1.807, 2.05) is 59.9 Å². The monoisotopic (exact) mass is 393 g/mol. The molecule has 0 radical (unpaired) electrons. The van der Waals surface area contributed by atoms with E-state index >= 15 is 0 Å². The van der Waals surface area contributed by atoms with Gasteiger partial charge < -0.3 is 10.1 Å². The van der Waals surface area contributed by atoms with E-state index in [-0.39, 0.29) is 11.7 Å². The first-order chi connectivity index (χ1) is 13.7. The topological polar surface area (TPSA) is 81.4 Å². The summed E-state index contributed by atoms with van der Waals surface area (Å²) >= 11 is 1.34. The van der Waals surface area contributed by atoms with Gasteiger partial charge in [-0.3, -0.25) is 9.20 Å². The number of nitrogens with zero attached hydrogens (tertiary/aromatic N) is 4. The second-order valence-corrected chi connectivity index (χ2v) is 7.01. The number of carbonyl (C=O) groups is 1. The summed E-state index contributed by atoms with van der Waals surface area (Å²) in [5.74, 6) is 1.72. The Kier molecular flexibility index (Phi) is 5.12. The molecule has 8 heteroatoms. The Morgan fingerprint density at radius 3 is 2.68 bits per heavy atom. The van der Waals surface area contributed by atoms with Gasteiger partial charge in [-0.05, 0) is 43.3 Å². The van der Waals surface area contributed by atoms with E-state index in [0.29, 0.717) is 11.7 Å². The van der Waals surface area contributed by atoms with Gasteiger partial charge in [0, 0.05) is 17.5 Å². The summed E-state index contributed by atoms with van der Waals surface area (Å²) in [7, 11) is 1.64. The third-order valence-electron chi connectivity index (χ3n) is 4.27. The molecule has 0 aliphatic rings. The number of fused-ring (bicyclic) bond motifs is 3. The molecule has 0 spiro atoms. The normalized spacial score (nSPS) is 11.1. The maximum Gasteiger partial charge on any atom is 0.230 e. The van der Waals surface area contributed by atoms with Gasteiger partial charge in [0.15, 0.2) is 10.8 Å². The number of nitrogens with one attached hydrogen (secondary N) is 1. The molecule has 1 amide bonds. The molecule has 0 aliphatic carbocycles. The largest absolute Gasteiger partial charge is 0.497 e. The van der Waals surface area contributed by atoms with Crippen LogP contribution in [0.4, 0.5) is 0 Å². The lowest BCUT2D eigenvalue weighted by Gasteiger charge is -2.10. The molecular weight excluding hydrogens is 374 g/mol. The Morgan fingerprint density at radius 1 is 1.14 bits per heavy atom. The molecule has 2 aromatic heterocycles. The first kappa shape index (κ1) is 18.2. The highest BCUT2D eigenvalue weighted by Crippen LogP contribution is 2.29. The maximum absolute atomic E-state index is 11.9. The maximum atomic E-state index is 11.9. The van der Waals surface area contributed by atoms with Crippen molar-refractivity contribution in [2.75, 3.05) is 19.4 Å². The molecule has 0 bridgehead atoms. The van der Waals surface area contributed by atoms with Gasteiger partial charge in [0.25, 0.3) is 0 Å². The van der Waals surface area contributed by atoms with Crippen LogP contribution in [0.5, 0.6) is 5.75 Å². The number of hydrogen-bond donors (Lipinski definition) is 1. The number of hydrogen-bond acceptors (Lipinski definition) is 6. The molecule has 28 heavy (non-hydrogen) atoms. The summed E-state index contributed by atoms with van der Waals surface area (Å²) in [6, 6.07) is 15.5. The predicted molar refractivity (Wildman–Crippen MR) is 110 cm³/mol. The SMILES string of the molecule is CCNC(=O)CSc1nnc2c3ccccc3nc(-c3ccc(OC)cc3)n12. The van der Waals surface area contributed by atoms with Crippen LogP contribution in [0.3, 0.4) is 0 Å². The lowest BCUT2D eigenvalue weighted by molar-refractivity contribution is -0.118. The minimum absolute atomic E-state index is 0.0380. The van der Waals surface area contributed by atoms with E-state index in [2.05, 4.69) is 15.5 Å². The fourth-order valence-corrected chi connectivity index (χ4v) is 3.73. The molecule has 142 valence electrons. The fourth-order valence-electron chi connectivity index (χ4n) is 2.97. The molecule has 2 heterocycles. The Bertz CT molecular complexity index is 1140. The van der Waals surface area contributed by atoms with Crippen LogP contribution < -0.4 is 10.1 Å². The van der Waals surface area contributed by atoms with Crippen molar-refractivity contribution in [2.24, 2.45) is 0 Å². The standard InChI is InChI=1S/C20H19N5O2S/c1-3-21-17(26)12-28-20-24-23-19-15-6-4-5-7-16(15)22-18(25(19)20)13-8-10-14(27-2)11-9-13/h4-11H,3,12H2,1-2H3,(H,21,26). The van der Waals surface area contributed by atoms with Gasteiger partial charge in [-0.25, -0.2) is 4.98 Å². The van der Waals surface area contributed by atoms with Gasteiger partial charge >= 0.3 is 0 Å². The van der Waals surface area contributed by atoms with E-state index in [9.17, 15) is 4.79 Å². The van der Waals surface area contributed by atoms with E-state index < -0.39 is 0 Å². The Morgan fingerprint density at radius 2 is 1.93 bits per heavy atom. The van der Waals surface area contributed by atoms with Crippen molar-refractivity contribution in [3.8, 4) is 17.1 Å². The zero-order chi connectivity index (χ0) is 19.5. The average Bonchev–Trinajstić information content (AvgIpc) is 3.16. The van der Waals surface area contributed by atoms with Crippen molar-refractivity contribution in [3.05, 3.63) is 48.5 Å². The first-order valence-electron chi connectivity index (χ1n) is 8.89. The predicted octanol–water partition coefficient (Wildman–Crippen LogP) is 3.18. The number of carbonyl (C=O) groups excluding carboxylic acids is 1. The summed E-state index contributed by atoms with van der Waals surface area (Å²) in [5, 5.41) is 13.1. The van der Waals surface area contributed by atoms with Crippen molar-refractivity contribution in [1.82, 2.24) is 24.9 Å². The lowest BCUT2D eigenvalue weighted by atomic mass is 10.1. The molecule has 0 unspecified atom stereocenters. The van der Waals surface area contributed by atoms with Gasteiger partial charge in [-0.15, -0.1) is 10.2 Å². The molecular formula is C20H19N5O2S. The number of rotatable bonds is 6. The Hall–Kier alpha value is -3.13. The van der Waals surface area contributed by atoms with Crippen LogP contribution in [0.25, 0.3) is 27.9 Å². The number of methoxy groups -OCH3 is 1. The number of thioether (sulfide) groups is 1. The molecule has 2 aromatic carbocycles. The smallest absolute Gasteiger partial charge is 0.230 e. The van der Waals surface area contributed by atoms with Crippen molar-refractivity contribution in [2.45, 2.75) is 12.1 Å². The summed E-state index contributed by atoms with van der Waals surface area (Å²) in [6.07, 6.45) is 0. The Balaban J connectivity index is 1.87. The first-order valence-corrected chi connectivity index (χ1v) is 9.87. The van der Waals surface area contributed by atoms with E-state index in [1.165, 1.54) is 11.8 Å². The van der Waals surface area contributed by atoms with Gasteiger partial charge in [-0.2, -0.15) is 0 Å². The minimum atomic E-state index is -0.0380. The quantitative estimate of drug-likeness (QED) is 0.507. The van der Waals surface area contributed by atoms with Crippen molar-refractivity contribution in [1.29, 1.82) is 0 Å². The number of aromatic nitrogens is 4. The number of benzene rings is 2. The molecule has 0 saturated heterocycles. The van der Waals surface area contributed by atoms with E-state index in [1.54, 1.807) is 7.11 Å². The fraction of sp³-hybridized carbons (Fsp3) is 0.200. The van der Waals surface area contributed by atoms with Gasteiger partial charge in [0.2, 0.25) is 5.91 Å². The molecule has 0 atom stereocenters.